The minimum Gasteiger partial charge on any atom is -0.726 e. The molecule has 0 aromatic rings. The molecule has 0 bridgehead atoms. The lowest BCUT2D eigenvalue weighted by atomic mass is 10.1. The normalized spacial score (nSPS) is 11.8. The molecule has 0 atom stereocenters. The minimum absolute atomic E-state index is 0.0258. The maximum atomic E-state index is 12.8. The second kappa shape index (κ2) is 67.5. The first-order chi connectivity index (χ1) is 39.9. The van der Waals surface area contributed by atoms with E-state index in [9.17, 15) is 35.5 Å². The highest BCUT2D eigenvalue weighted by molar-refractivity contribution is 7.81. The standard InChI is InChI=1S/C27H56O2P.C24H50O2P.2C8H18O4S/c1-5-9-13-17-18-22-29-27(28)26-30(23-19-14-10-6-2,24-20-15-11-7-3)25-21-16-12-8-4;1-5-8-11-15-20-27(21-16-12-9-6-2,22-17-13-10-7-3)23-18-14-19-26-24(4)25;2*1-2-3-4-5-6-7-8-12-13(9,10)11/h5-26H2,1-4H3;5-23H2,1-4H3;2*2-8H2,1H3,(H,9,10,11)/q2*+1;;/p-2. The van der Waals surface area contributed by atoms with Gasteiger partial charge in [0.25, 0.3) is 0 Å². The number of hydrogen-bond donors (Lipinski definition) is 0. The Bertz CT molecular complexity index is 1440. The van der Waals surface area contributed by atoms with E-state index >= 15 is 0 Å². The van der Waals surface area contributed by atoms with Gasteiger partial charge in [-0.1, -0.05) is 229 Å². The molecule has 0 aliphatic rings. The molecule has 0 fully saturated rings. The van der Waals surface area contributed by atoms with Crippen molar-refractivity contribution in [2.75, 3.05) is 75.7 Å². The zero-order chi connectivity index (χ0) is 62.9. The van der Waals surface area contributed by atoms with Crippen molar-refractivity contribution >= 4 is 47.3 Å². The van der Waals surface area contributed by atoms with Crippen LogP contribution in [0.3, 0.4) is 0 Å². The maximum absolute atomic E-state index is 12.8. The van der Waals surface area contributed by atoms with Gasteiger partial charge < -0.3 is 18.6 Å². The fraction of sp³-hybridized carbons (Fsp3) is 0.970. The van der Waals surface area contributed by atoms with E-state index in [4.69, 9.17) is 9.47 Å². The summed E-state index contributed by atoms with van der Waals surface area (Å²) in [6.45, 7) is 23.1. The Morgan fingerprint density at radius 2 is 0.494 bits per heavy atom. The van der Waals surface area contributed by atoms with Gasteiger partial charge >= 0.3 is 11.9 Å². The molecule has 0 saturated carbocycles. The predicted octanol–water partition coefficient (Wildman–Crippen LogP) is 21.0. The van der Waals surface area contributed by atoms with E-state index in [0.717, 1.165) is 44.7 Å². The van der Waals surface area contributed by atoms with Crippen LogP contribution in [0.4, 0.5) is 0 Å². The van der Waals surface area contributed by atoms with Gasteiger partial charge in [-0.05, 0) is 109 Å². The number of carbonyl (C=O) groups excluding carboxylic acids is 2. The Morgan fingerprint density at radius 3 is 0.759 bits per heavy atom. The van der Waals surface area contributed by atoms with Crippen LogP contribution in [0.5, 0.6) is 0 Å². The number of esters is 2. The van der Waals surface area contributed by atoms with E-state index in [1.54, 1.807) is 0 Å². The molecule has 0 heterocycles. The third-order valence-corrected chi connectivity index (χ3v) is 26.4. The van der Waals surface area contributed by atoms with Gasteiger partial charge in [0.05, 0.1) is 69.6 Å². The molecular weight excluding hydrogens is 1120 g/mol. The maximum Gasteiger partial charge on any atom is 0.343 e. The molecule has 0 rings (SSSR count). The van der Waals surface area contributed by atoms with Gasteiger partial charge in [0.15, 0.2) is 6.16 Å². The summed E-state index contributed by atoms with van der Waals surface area (Å²) in [5, 5.41) is 0. The molecule has 0 aromatic heterocycles. The SMILES string of the molecule is CCCCCCCCOS(=O)(=O)[O-].CCCCCCCCOS(=O)(=O)[O-].CCCCCCCOC(=O)C[P+](CCCCCC)(CCCCCC)CCCCCC.CCCCCC[P+](CCCCCC)(CCCCCC)CCCCOC(C)=O. The van der Waals surface area contributed by atoms with E-state index in [1.165, 1.54) is 275 Å². The van der Waals surface area contributed by atoms with Crippen LogP contribution in [0.25, 0.3) is 0 Å². The van der Waals surface area contributed by atoms with Crippen LogP contribution in [0.2, 0.25) is 0 Å². The Labute approximate surface area is 518 Å². The van der Waals surface area contributed by atoms with E-state index in [-0.39, 0.29) is 25.2 Å². The second-order valence-corrected chi connectivity index (χ2v) is 34.9. The molecule has 16 heteroatoms. The van der Waals surface area contributed by atoms with Crippen LogP contribution >= 0.6 is 14.5 Å². The first kappa shape index (κ1) is 89.0. The summed E-state index contributed by atoms with van der Waals surface area (Å²) in [7, 11) is -11.0. The van der Waals surface area contributed by atoms with Crippen LogP contribution in [0, 0.1) is 0 Å². The number of rotatable bonds is 59. The minimum atomic E-state index is -4.47. The Hall–Kier alpha value is -0.460. The summed E-state index contributed by atoms with van der Waals surface area (Å²) in [6.07, 6.45) is 64.3. The molecule has 0 spiro atoms. The molecule has 0 unspecified atom stereocenters. The summed E-state index contributed by atoms with van der Waals surface area (Å²) in [4.78, 5) is 23.8. The molecule has 0 aromatic carbocycles. The van der Waals surface area contributed by atoms with Gasteiger partial charge in [0, 0.05) is 21.4 Å². The third kappa shape index (κ3) is 73.9. The average molecular weight is 1260 g/mol. The topological polar surface area (TPSA) is 185 Å². The first-order valence-electron chi connectivity index (χ1n) is 35.1. The van der Waals surface area contributed by atoms with Gasteiger partial charge in [-0.3, -0.25) is 13.2 Å². The summed E-state index contributed by atoms with van der Waals surface area (Å²) < 4.78 is 79.0. The molecule has 502 valence electrons. The lowest BCUT2D eigenvalue weighted by Crippen LogP contribution is -2.21. The summed E-state index contributed by atoms with van der Waals surface area (Å²) in [6, 6.07) is 0. The molecule has 0 amide bonds. The molecule has 0 N–H and O–H groups in total. The first-order valence-corrected chi connectivity index (χ1v) is 42.8. The predicted molar refractivity (Wildman–Crippen MR) is 361 cm³/mol. The quantitative estimate of drug-likeness (QED) is 0.0185. The van der Waals surface area contributed by atoms with E-state index in [1.807, 2.05) is 0 Å². The van der Waals surface area contributed by atoms with Gasteiger partial charge in [-0.15, -0.1) is 0 Å². The zero-order valence-electron chi connectivity index (χ0n) is 56.5. The third-order valence-electron chi connectivity index (χ3n) is 15.7. The fourth-order valence-electron chi connectivity index (χ4n) is 10.6. The largest absolute Gasteiger partial charge is 0.726 e. The molecule has 0 aliphatic carbocycles. The van der Waals surface area contributed by atoms with E-state index in [2.05, 4.69) is 70.7 Å². The van der Waals surface area contributed by atoms with Gasteiger partial charge in [0.1, 0.15) is 0 Å². The molecule has 0 saturated heterocycles. The summed E-state index contributed by atoms with van der Waals surface area (Å²) in [5.41, 5.74) is 0. The van der Waals surface area contributed by atoms with Crippen molar-refractivity contribution in [3.05, 3.63) is 0 Å². The zero-order valence-corrected chi connectivity index (χ0v) is 59.9. The second-order valence-electron chi connectivity index (χ2n) is 23.9. The highest BCUT2D eigenvalue weighted by Crippen LogP contribution is 2.62. The van der Waals surface area contributed by atoms with Crippen LogP contribution in [0.15, 0.2) is 0 Å². The lowest BCUT2D eigenvalue weighted by molar-refractivity contribution is -0.141. The molecule has 83 heavy (non-hydrogen) atoms. The van der Waals surface area contributed by atoms with Crippen molar-refractivity contribution in [1.82, 2.24) is 0 Å². The highest BCUT2D eigenvalue weighted by atomic mass is 32.3. The highest BCUT2D eigenvalue weighted by Gasteiger charge is 2.39. The molecule has 0 aliphatic heterocycles. The van der Waals surface area contributed by atoms with Crippen molar-refractivity contribution in [1.29, 1.82) is 0 Å². The number of unbranched alkanes of at least 4 members (excludes halogenated alkanes) is 33. The Morgan fingerprint density at radius 1 is 0.289 bits per heavy atom. The van der Waals surface area contributed by atoms with Gasteiger partial charge in [-0.2, -0.15) is 0 Å². The van der Waals surface area contributed by atoms with E-state index < -0.39 is 35.3 Å². The molecular formula is C67H140O12P2S2. The van der Waals surface area contributed by atoms with Crippen LogP contribution < -0.4 is 0 Å². The van der Waals surface area contributed by atoms with Crippen molar-refractivity contribution in [3.8, 4) is 0 Å². The van der Waals surface area contributed by atoms with Crippen LogP contribution in [-0.4, -0.2) is 114 Å². The smallest absolute Gasteiger partial charge is 0.343 e. The Balaban J connectivity index is -0.000000535. The number of hydrogen-bond acceptors (Lipinski definition) is 12. The summed E-state index contributed by atoms with van der Waals surface area (Å²) >= 11 is 0. The summed E-state index contributed by atoms with van der Waals surface area (Å²) in [5.74, 6) is -0.00458. The molecule has 12 nitrogen and oxygen atoms in total. The van der Waals surface area contributed by atoms with Gasteiger partial charge in [0.2, 0.25) is 20.8 Å². The number of carbonyl (C=O) groups is 2. The van der Waals surface area contributed by atoms with E-state index in [0.29, 0.717) is 26.1 Å². The van der Waals surface area contributed by atoms with Crippen LogP contribution in [-0.2, 0) is 48.2 Å². The van der Waals surface area contributed by atoms with Crippen molar-refractivity contribution in [3.63, 3.8) is 0 Å². The fourth-order valence-corrected chi connectivity index (χ4v) is 20.6. The lowest BCUT2D eigenvalue weighted by Gasteiger charge is -2.28. The van der Waals surface area contributed by atoms with Crippen molar-refractivity contribution < 1.29 is 53.4 Å². The van der Waals surface area contributed by atoms with Crippen LogP contribution in [0.1, 0.15) is 345 Å². The Kier molecular flexibility index (Phi) is 72.3. The average Bonchev–Trinajstić information content (AvgIpc) is 3.52. The van der Waals surface area contributed by atoms with Crippen molar-refractivity contribution in [2.24, 2.45) is 0 Å². The number of ether oxygens (including phenoxy) is 2. The van der Waals surface area contributed by atoms with Crippen molar-refractivity contribution in [2.45, 2.75) is 345 Å². The monoisotopic (exact) mass is 1260 g/mol. The van der Waals surface area contributed by atoms with Gasteiger partial charge in [-0.25, -0.2) is 21.6 Å². The molecule has 0 radical (unpaired) electrons.